The molecule has 0 aromatic heterocycles. The highest BCUT2D eigenvalue weighted by molar-refractivity contribution is 5.23. The fraction of sp³-hybridized carbons (Fsp3) is 0.647. The summed E-state index contributed by atoms with van der Waals surface area (Å²) in [5.41, 5.74) is 2.73. The standard InChI is InChI=1S/C17H28N2/c1-13-5-7-16(8-6-13)14(2)18-15(3)17-9-11-19(4)12-10-17/h5-8,14-15,17-18H,9-12H2,1-4H3/t14-,15?/m1/s1. The summed E-state index contributed by atoms with van der Waals surface area (Å²) < 4.78 is 0. The maximum absolute atomic E-state index is 3.78. The van der Waals surface area contributed by atoms with E-state index >= 15 is 0 Å². The Morgan fingerprint density at radius 1 is 1.11 bits per heavy atom. The molecule has 0 amide bonds. The molecular weight excluding hydrogens is 232 g/mol. The highest BCUT2D eigenvalue weighted by Gasteiger charge is 2.23. The molecule has 0 bridgehead atoms. The van der Waals surface area contributed by atoms with Gasteiger partial charge in [0.2, 0.25) is 0 Å². The van der Waals surface area contributed by atoms with Crippen LogP contribution in [0.5, 0.6) is 0 Å². The number of hydrogen-bond acceptors (Lipinski definition) is 2. The van der Waals surface area contributed by atoms with Gasteiger partial charge in [0.15, 0.2) is 0 Å². The van der Waals surface area contributed by atoms with E-state index in [0.717, 1.165) is 5.92 Å². The normalized spacial score (nSPS) is 21.3. The molecule has 19 heavy (non-hydrogen) atoms. The van der Waals surface area contributed by atoms with E-state index in [1.54, 1.807) is 0 Å². The molecule has 0 aliphatic carbocycles. The fourth-order valence-corrected chi connectivity index (χ4v) is 3.01. The zero-order valence-electron chi connectivity index (χ0n) is 12.8. The highest BCUT2D eigenvalue weighted by atomic mass is 15.1. The summed E-state index contributed by atoms with van der Waals surface area (Å²) in [5.74, 6) is 0.823. The van der Waals surface area contributed by atoms with E-state index in [2.05, 4.69) is 62.3 Å². The maximum Gasteiger partial charge on any atom is 0.0294 e. The van der Waals surface area contributed by atoms with Gasteiger partial charge in [0.05, 0.1) is 0 Å². The van der Waals surface area contributed by atoms with Crippen LogP contribution in [0.3, 0.4) is 0 Å². The zero-order valence-corrected chi connectivity index (χ0v) is 12.8. The monoisotopic (exact) mass is 260 g/mol. The van der Waals surface area contributed by atoms with Crippen LogP contribution in [0, 0.1) is 12.8 Å². The minimum Gasteiger partial charge on any atom is -0.307 e. The molecule has 2 nitrogen and oxygen atoms in total. The average Bonchev–Trinajstić information content (AvgIpc) is 2.40. The van der Waals surface area contributed by atoms with E-state index in [1.165, 1.54) is 37.1 Å². The lowest BCUT2D eigenvalue weighted by molar-refractivity contribution is 0.185. The molecule has 1 saturated heterocycles. The Morgan fingerprint density at radius 3 is 2.26 bits per heavy atom. The molecule has 0 radical (unpaired) electrons. The van der Waals surface area contributed by atoms with Crippen molar-refractivity contribution in [2.24, 2.45) is 5.92 Å². The number of hydrogen-bond donors (Lipinski definition) is 1. The van der Waals surface area contributed by atoms with E-state index < -0.39 is 0 Å². The average molecular weight is 260 g/mol. The SMILES string of the molecule is Cc1ccc([C@@H](C)NC(C)C2CCN(C)CC2)cc1. The molecule has 2 rings (SSSR count). The summed E-state index contributed by atoms with van der Waals surface area (Å²) in [7, 11) is 2.23. The van der Waals surface area contributed by atoms with Crippen molar-refractivity contribution in [2.45, 2.75) is 45.7 Å². The van der Waals surface area contributed by atoms with Crippen molar-refractivity contribution in [3.8, 4) is 0 Å². The second-order valence-electron chi connectivity index (χ2n) is 6.23. The van der Waals surface area contributed by atoms with Crippen LogP contribution in [0.4, 0.5) is 0 Å². The first-order valence-electron chi connectivity index (χ1n) is 7.57. The van der Waals surface area contributed by atoms with Crippen molar-refractivity contribution in [1.29, 1.82) is 0 Å². The largest absolute Gasteiger partial charge is 0.307 e. The van der Waals surface area contributed by atoms with Crippen LogP contribution in [-0.4, -0.2) is 31.1 Å². The Hall–Kier alpha value is -0.860. The van der Waals surface area contributed by atoms with Crippen LogP contribution in [0.15, 0.2) is 24.3 Å². The Morgan fingerprint density at radius 2 is 1.68 bits per heavy atom. The Bertz CT molecular complexity index is 377. The lowest BCUT2D eigenvalue weighted by Gasteiger charge is -2.34. The van der Waals surface area contributed by atoms with Gasteiger partial charge in [-0.25, -0.2) is 0 Å². The van der Waals surface area contributed by atoms with Gasteiger partial charge in [0, 0.05) is 12.1 Å². The number of likely N-dealkylation sites (tertiary alicyclic amines) is 1. The van der Waals surface area contributed by atoms with Crippen molar-refractivity contribution in [3.05, 3.63) is 35.4 Å². The molecule has 1 heterocycles. The van der Waals surface area contributed by atoms with Crippen LogP contribution in [0.25, 0.3) is 0 Å². The molecule has 1 aromatic rings. The third-order valence-corrected chi connectivity index (χ3v) is 4.56. The molecule has 0 saturated carbocycles. The second kappa shape index (κ2) is 6.53. The van der Waals surface area contributed by atoms with Crippen molar-refractivity contribution in [1.82, 2.24) is 10.2 Å². The fourth-order valence-electron chi connectivity index (χ4n) is 3.01. The summed E-state index contributed by atoms with van der Waals surface area (Å²) in [6.07, 6.45) is 2.65. The van der Waals surface area contributed by atoms with E-state index in [0.29, 0.717) is 12.1 Å². The van der Waals surface area contributed by atoms with Gasteiger partial charge in [-0.1, -0.05) is 29.8 Å². The van der Waals surface area contributed by atoms with Gasteiger partial charge in [-0.05, 0) is 65.2 Å². The summed E-state index contributed by atoms with van der Waals surface area (Å²) in [4.78, 5) is 2.44. The molecular formula is C17H28N2. The molecule has 1 aromatic carbocycles. The highest BCUT2D eigenvalue weighted by Crippen LogP contribution is 2.22. The Kier molecular flexibility index (Phi) is 5.00. The first kappa shape index (κ1) is 14.5. The van der Waals surface area contributed by atoms with Crippen LogP contribution < -0.4 is 5.32 Å². The first-order valence-corrected chi connectivity index (χ1v) is 7.57. The van der Waals surface area contributed by atoms with Crippen molar-refractivity contribution in [3.63, 3.8) is 0 Å². The quantitative estimate of drug-likeness (QED) is 0.893. The molecule has 1 aliphatic heterocycles. The third kappa shape index (κ3) is 4.05. The van der Waals surface area contributed by atoms with Crippen LogP contribution in [0.2, 0.25) is 0 Å². The number of rotatable bonds is 4. The number of benzene rings is 1. The predicted molar refractivity (Wildman–Crippen MR) is 82.4 cm³/mol. The van der Waals surface area contributed by atoms with Crippen LogP contribution in [0.1, 0.15) is 43.9 Å². The minimum atomic E-state index is 0.440. The molecule has 2 heteroatoms. The lowest BCUT2D eigenvalue weighted by atomic mass is 9.90. The first-order chi connectivity index (χ1) is 9.06. The van der Waals surface area contributed by atoms with Gasteiger partial charge in [-0.3, -0.25) is 0 Å². The van der Waals surface area contributed by atoms with Gasteiger partial charge in [0.1, 0.15) is 0 Å². The zero-order chi connectivity index (χ0) is 13.8. The molecule has 1 N–H and O–H groups in total. The summed E-state index contributed by atoms with van der Waals surface area (Å²) in [5, 5.41) is 3.78. The van der Waals surface area contributed by atoms with Crippen molar-refractivity contribution >= 4 is 0 Å². The lowest BCUT2D eigenvalue weighted by Crippen LogP contribution is -2.41. The molecule has 0 spiro atoms. The van der Waals surface area contributed by atoms with Gasteiger partial charge >= 0.3 is 0 Å². The van der Waals surface area contributed by atoms with Gasteiger partial charge < -0.3 is 10.2 Å². The molecule has 1 unspecified atom stereocenters. The summed E-state index contributed by atoms with van der Waals surface area (Å²) in [6, 6.07) is 9.93. The van der Waals surface area contributed by atoms with Gasteiger partial charge in [-0.15, -0.1) is 0 Å². The number of piperidine rings is 1. The van der Waals surface area contributed by atoms with Gasteiger partial charge in [-0.2, -0.15) is 0 Å². The van der Waals surface area contributed by atoms with Gasteiger partial charge in [0.25, 0.3) is 0 Å². The summed E-state index contributed by atoms with van der Waals surface area (Å²) >= 11 is 0. The van der Waals surface area contributed by atoms with Crippen LogP contribution >= 0.6 is 0 Å². The van der Waals surface area contributed by atoms with Crippen molar-refractivity contribution in [2.75, 3.05) is 20.1 Å². The second-order valence-corrected chi connectivity index (χ2v) is 6.23. The predicted octanol–water partition coefficient (Wildman–Crippen LogP) is 3.38. The van der Waals surface area contributed by atoms with E-state index in [9.17, 15) is 0 Å². The Labute approximate surface area is 118 Å². The molecule has 1 aliphatic rings. The number of nitrogens with one attached hydrogen (secondary N) is 1. The van der Waals surface area contributed by atoms with E-state index in [-0.39, 0.29) is 0 Å². The molecule has 2 atom stereocenters. The maximum atomic E-state index is 3.78. The topological polar surface area (TPSA) is 15.3 Å². The van der Waals surface area contributed by atoms with E-state index in [1.807, 2.05) is 0 Å². The summed E-state index contributed by atoms with van der Waals surface area (Å²) in [6.45, 7) is 9.25. The molecule has 106 valence electrons. The number of nitrogens with zero attached hydrogens (tertiary/aromatic N) is 1. The minimum absolute atomic E-state index is 0.440. The van der Waals surface area contributed by atoms with E-state index in [4.69, 9.17) is 0 Å². The number of aryl methyl sites for hydroxylation is 1. The molecule has 1 fully saturated rings. The Balaban J connectivity index is 1.87. The third-order valence-electron chi connectivity index (χ3n) is 4.56. The van der Waals surface area contributed by atoms with Crippen molar-refractivity contribution < 1.29 is 0 Å². The van der Waals surface area contributed by atoms with Crippen LogP contribution in [-0.2, 0) is 0 Å². The smallest absolute Gasteiger partial charge is 0.0294 e.